The van der Waals surface area contributed by atoms with E-state index in [2.05, 4.69) is 15.3 Å². The number of rotatable bonds is 2. The Morgan fingerprint density at radius 1 is 1.18 bits per heavy atom. The molecule has 8 nitrogen and oxygen atoms in total. The molecule has 2 fully saturated rings. The topological polar surface area (TPSA) is 98.7 Å². The Morgan fingerprint density at radius 3 is 2.64 bits per heavy atom. The van der Waals surface area contributed by atoms with Crippen LogP contribution in [0.15, 0.2) is 18.2 Å². The Bertz CT molecular complexity index is 1230. The molecule has 2 aromatic rings. The average molecular weight is 455 g/mol. The first-order chi connectivity index (χ1) is 15.6. The number of aromatic nitrogens is 2. The van der Waals surface area contributed by atoms with Gasteiger partial charge in [0, 0.05) is 31.1 Å². The number of hydrogen-bond acceptors (Lipinski definition) is 6. The highest BCUT2D eigenvalue weighted by Gasteiger charge is 2.54. The van der Waals surface area contributed by atoms with Crippen molar-refractivity contribution >= 4 is 17.9 Å². The van der Waals surface area contributed by atoms with E-state index in [0.29, 0.717) is 36.2 Å². The number of carbonyl (C=O) groups is 2. The number of fused-ring (bicyclic) bond motifs is 3. The summed E-state index contributed by atoms with van der Waals surface area (Å²) in [7, 11) is 1.46. The van der Waals surface area contributed by atoms with Crippen molar-refractivity contribution < 1.29 is 23.5 Å². The highest BCUT2D eigenvalue weighted by Crippen LogP contribution is 2.47. The van der Waals surface area contributed by atoms with Crippen molar-refractivity contribution in [3.8, 4) is 11.3 Å². The normalized spacial score (nSPS) is 29.4. The lowest BCUT2D eigenvalue weighted by Gasteiger charge is -2.43. The van der Waals surface area contributed by atoms with E-state index in [1.165, 1.54) is 7.05 Å². The van der Waals surface area contributed by atoms with Crippen LogP contribution in [0.3, 0.4) is 0 Å². The predicted molar refractivity (Wildman–Crippen MR) is 114 cm³/mol. The first-order valence-corrected chi connectivity index (χ1v) is 11.1. The maximum Gasteiger partial charge on any atom is 0.325 e. The number of likely N-dealkylation sites (N-methyl/N-ethyl adjacent to an activating group) is 1. The van der Waals surface area contributed by atoms with Crippen LogP contribution in [0.5, 0.6) is 0 Å². The third kappa shape index (κ3) is 2.64. The molecule has 0 saturated carbocycles. The molecule has 10 heteroatoms. The van der Waals surface area contributed by atoms with Gasteiger partial charge in [0.25, 0.3) is 11.8 Å². The van der Waals surface area contributed by atoms with Crippen molar-refractivity contribution in [3.05, 3.63) is 40.6 Å². The van der Waals surface area contributed by atoms with Crippen LogP contribution in [0.2, 0.25) is 0 Å². The van der Waals surface area contributed by atoms with Crippen LogP contribution in [0.4, 0.5) is 19.5 Å². The molecule has 1 aromatic heterocycles. The molecule has 3 heterocycles. The lowest BCUT2D eigenvalue weighted by atomic mass is 9.90. The summed E-state index contributed by atoms with van der Waals surface area (Å²) in [6.45, 7) is 2.11. The summed E-state index contributed by atoms with van der Waals surface area (Å²) in [4.78, 5) is 36.6. The molecule has 2 saturated heterocycles. The molecule has 172 valence electrons. The molecule has 1 unspecified atom stereocenters. The van der Waals surface area contributed by atoms with Crippen molar-refractivity contribution in [3.63, 3.8) is 0 Å². The molecule has 3 atom stereocenters. The lowest BCUT2D eigenvalue weighted by molar-refractivity contribution is -0.130. The molecule has 6 rings (SSSR count). The van der Waals surface area contributed by atoms with Crippen LogP contribution >= 0.6 is 0 Å². The van der Waals surface area contributed by atoms with Gasteiger partial charge in [-0.1, -0.05) is 12.1 Å². The Labute approximate surface area is 188 Å². The van der Waals surface area contributed by atoms with Crippen LogP contribution in [0, 0.1) is 0 Å². The largest absolute Gasteiger partial charge is 0.389 e. The van der Waals surface area contributed by atoms with Crippen LogP contribution in [-0.4, -0.2) is 57.7 Å². The molecule has 2 aliphatic heterocycles. The van der Waals surface area contributed by atoms with Gasteiger partial charge in [0.2, 0.25) is 5.95 Å². The third-order valence-electron chi connectivity index (χ3n) is 7.62. The SMILES string of the molecule is C[C@H]1[C@H](O)CN1c1nc(-c2ccc3c(c2)CCC32NC(=O)N(C)C2=O)c2c(n1)C(F)(F)CC2. The summed E-state index contributed by atoms with van der Waals surface area (Å²) in [5, 5.41) is 12.7. The van der Waals surface area contributed by atoms with Crippen LogP contribution in [0.1, 0.15) is 42.1 Å². The maximum absolute atomic E-state index is 14.7. The Balaban J connectivity index is 1.46. The summed E-state index contributed by atoms with van der Waals surface area (Å²) in [5.41, 5.74) is 1.91. The van der Waals surface area contributed by atoms with Crippen molar-refractivity contribution in [1.82, 2.24) is 20.2 Å². The van der Waals surface area contributed by atoms with E-state index in [1.807, 2.05) is 6.07 Å². The summed E-state index contributed by atoms with van der Waals surface area (Å²) in [5.74, 6) is -3.12. The number of aliphatic hydroxyl groups excluding tert-OH is 1. The van der Waals surface area contributed by atoms with Gasteiger partial charge in [-0.15, -0.1) is 0 Å². The van der Waals surface area contributed by atoms with E-state index in [0.717, 1.165) is 16.0 Å². The van der Waals surface area contributed by atoms with Gasteiger partial charge < -0.3 is 15.3 Å². The number of aliphatic hydroxyl groups is 1. The zero-order chi connectivity index (χ0) is 23.3. The predicted octanol–water partition coefficient (Wildman–Crippen LogP) is 2.07. The number of nitrogens with zero attached hydrogens (tertiary/aromatic N) is 4. The fourth-order valence-corrected chi connectivity index (χ4v) is 5.50. The van der Waals surface area contributed by atoms with Gasteiger partial charge >= 0.3 is 6.03 Å². The molecule has 0 bridgehead atoms. The summed E-state index contributed by atoms with van der Waals surface area (Å²) >= 11 is 0. The first-order valence-electron chi connectivity index (χ1n) is 11.1. The number of urea groups is 1. The highest BCUT2D eigenvalue weighted by molar-refractivity contribution is 6.07. The van der Waals surface area contributed by atoms with Gasteiger partial charge in [-0.25, -0.2) is 14.8 Å². The van der Waals surface area contributed by atoms with Gasteiger partial charge in [0.1, 0.15) is 11.2 Å². The Morgan fingerprint density at radius 2 is 1.97 bits per heavy atom. The third-order valence-corrected chi connectivity index (χ3v) is 7.62. The van der Waals surface area contributed by atoms with Gasteiger partial charge in [-0.2, -0.15) is 8.78 Å². The molecular weight excluding hydrogens is 432 g/mol. The van der Waals surface area contributed by atoms with E-state index >= 15 is 0 Å². The van der Waals surface area contributed by atoms with Crippen molar-refractivity contribution in [2.24, 2.45) is 0 Å². The molecule has 3 amide bonds. The molecule has 1 aromatic carbocycles. The number of hydrogen-bond donors (Lipinski definition) is 2. The van der Waals surface area contributed by atoms with Crippen LogP contribution in [-0.2, 0) is 29.1 Å². The second-order valence-corrected chi connectivity index (χ2v) is 9.44. The van der Waals surface area contributed by atoms with Crippen molar-refractivity contribution in [2.75, 3.05) is 18.5 Å². The summed E-state index contributed by atoms with van der Waals surface area (Å²) in [6.07, 6.45) is 0.353. The van der Waals surface area contributed by atoms with E-state index < -0.39 is 23.6 Å². The number of imide groups is 1. The molecule has 33 heavy (non-hydrogen) atoms. The second-order valence-electron chi connectivity index (χ2n) is 9.44. The number of alkyl halides is 2. The van der Waals surface area contributed by atoms with E-state index in [4.69, 9.17) is 0 Å². The maximum atomic E-state index is 14.7. The number of β-amino-alcohol motifs (C(OH)–C–C–N with tert-alkyl or cyclic N) is 1. The van der Waals surface area contributed by atoms with Crippen LogP contribution in [0.25, 0.3) is 11.3 Å². The molecular formula is C23H23F2N5O3. The van der Waals surface area contributed by atoms with E-state index in [9.17, 15) is 23.5 Å². The van der Waals surface area contributed by atoms with Gasteiger partial charge in [-0.3, -0.25) is 9.69 Å². The highest BCUT2D eigenvalue weighted by atomic mass is 19.3. The number of halogens is 2. The Kier molecular flexibility index (Phi) is 4.01. The second kappa shape index (κ2) is 6.47. The zero-order valence-corrected chi connectivity index (χ0v) is 18.2. The fraction of sp³-hybridized carbons (Fsp3) is 0.478. The molecule has 0 radical (unpaired) electrons. The minimum absolute atomic E-state index is 0.177. The van der Waals surface area contributed by atoms with Gasteiger partial charge in [-0.05, 0) is 43.4 Å². The molecule has 2 N–H and O–H groups in total. The van der Waals surface area contributed by atoms with E-state index in [1.54, 1.807) is 24.0 Å². The van der Waals surface area contributed by atoms with E-state index in [-0.39, 0.29) is 36.4 Å². The monoisotopic (exact) mass is 455 g/mol. The van der Waals surface area contributed by atoms with Gasteiger partial charge in [0.15, 0.2) is 0 Å². The number of aryl methyl sites for hydroxylation is 1. The quantitative estimate of drug-likeness (QED) is 0.673. The molecule has 1 spiro atoms. The summed E-state index contributed by atoms with van der Waals surface area (Å²) in [6, 6.07) is 4.79. The van der Waals surface area contributed by atoms with Gasteiger partial charge in [0.05, 0.1) is 17.8 Å². The standard InChI is InChI=1S/C23H23F2N5O3/c1-11-16(31)10-30(11)20-26-17(14-6-8-23(24,25)18(14)27-20)13-3-4-15-12(9-13)5-7-22(15)19(32)29(2)21(33)28-22/h3-4,9,11,16,31H,5-8,10H2,1-2H3,(H,28,33)/t11-,16+,22?/m0/s1. The minimum Gasteiger partial charge on any atom is -0.389 e. The Hall–Kier alpha value is -3.14. The lowest BCUT2D eigenvalue weighted by Crippen LogP contribution is -2.59. The fourth-order valence-electron chi connectivity index (χ4n) is 5.50. The number of nitrogens with one attached hydrogen (secondary N) is 1. The van der Waals surface area contributed by atoms with Crippen LogP contribution < -0.4 is 10.2 Å². The average Bonchev–Trinajstić information content (AvgIpc) is 3.39. The first kappa shape index (κ1) is 20.5. The molecule has 2 aliphatic carbocycles. The van der Waals surface area contributed by atoms with Crippen molar-refractivity contribution in [2.45, 2.75) is 56.2 Å². The zero-order valence-electron chi connectivity index (χ0n) is 18.2. The number of carbonyl (C=O) groups excluding carboxylic acids is 2. The summed E-state index contributed by atoms with van der Waals surface area (Å²) < 4.78 is 29.3. The van der Waals surface area contributed by atoms with Crippen molar-refractivity contribution in [1.29, 1.82) is 0 Å². The smallest absolute Gasteiger partial charge is 0.325 e. The molecule has 4 aliphatic rings. The minimum atomic E-state index is -3.03. The number of amides is 3. The number of anilines is 1. The number of benzene rings is 1.